The number of halogens is 1. The van der Waals surface area contributed by atoms with Crippen LogP contribution in [0.2, 0.25) is 5.02 Å². The normalized spacial score (nSPS) is 10.8. The largest absolute Gasteiger partial charge is 0.367 e. The number of hydrogen-bond donors (Lipinski definition) is 1. The number of amides is 1. The van der Waals surface area contributed by atoms with Gasteiger partial charge in [-0.25, -0.2) is 0 Å². The summed E-state index contributed by atoms with van der Waals surface area (Å²) >= 11 is 6.11. The molecule has 0 spiro atoms. The molecule has 0 atom stereocenters. The number of nitrogens with one attached hydrogen (secondary N) is 1. The van der Waals surface area contributed by atoms with Crippen LogP contribution >= 0.6 is 11.6 Å². The van der Waals surface area contributed by atoms with Gasteiger partial charge in [0.1, 0.15) is 11.6 Å². The van der Waals surface area contributed by atoms with Gasteiger partial charge < -0.3 is 10.2 Å². The van der Waals surface area contributed by atoms with Crippen molar-refractivity contribution in [2.45, 2.75) is 13.1 Å². The fourth-order valence-corrected chi connectivity index (χ4v) is 3.04. The van der Waals surface area contributed by atoms with Crippen molar-refractivity contribution < 1.29 is 4.79 Å². The fourth-order valence-electron chi connectivity index (χ4n) is 2.86. The lowest BCUT2D eigenvalue weighted by Crippen LogP contribution is -2.21. The highest BCUT2D eigenvalue weighted by atomic mass is 35.5. The number of carbonyl (C=O) groups excluding carboxylic acids is 1. The van der Waals surface area contributed by atoms with Gasteiger partial charge in [0, 0.05) is 19.3 Å². The number of rotatable bonds is 7. The number of anilines is 1. The molecular formula is C24H20ClN3O. The third-order valence-electron chi connectivity index (χ3n) is 4.26. The summed E-state index contributed by atoms with van der Waals surface area (Å²) in [7, 11) is 0. The van der Waals surface area contributed by atoms with Crippen LogP contribution in [-0.4, -0.2) is 10.8 Å². The molecular weight excluding hydrogens is 382 g/mol. The van der Waals surface area contributed by atoms with Crippen LogP contribution in [0.3, 0.4) is 0 Å². The van der Waals surface area contributed by atoms with Gasteiger partial charge in [-0.1, -0.05) is 84.4 Å². The standard InChI is InChI=1S/C24H20ClN3O/c25-22-13-7-8-14-23(22)27-24(29)21(15-26)18-28(16-19-9-3-1-4-10-19)17-20-11-5-2-6-12-20/h1-14,18H,16-17H2,(H,27,29)/b21-18-. The molecule has 0 aliphatic heterocycles. The van der Waals surface area contributed by atoms with E-state index in [1.54, 1.807) is 30.5 Å². The molecule has 5 heteroatoms. The Kier molecular flexibility index (Phi) is 7.05. The molecule has 0 radical (unpaired) electrons. The van der Waals surface area contributed by atoms with Gasteiger partial charge in [-0.2, -0.15) is 5.26 Å². The Morgan fingerprint density at radius 3 is 1.93 bits per heavy atom. The Hall–Kier alpha value is -3.55. The predicted molar refractivity (Wildman–Crippen MR) is 116 cm³/mol. The lowest BCUT2D eigenvalue weighted by atomic mass is 10.1. The quantitative estimate of drug-likeness (QED) is 0.426. The van der Waals surface area contributed by atoms with Crippen LogP contribution in [0.25, 0.3) is 0 Å². The fraction of sp³-hybridized carbons (Fsp3) is 0.0833. The maximum atomic E-state index is 12.6. The number of nitrogens with zero attached hydrogens (tertiary/aromatic N) is 2. The second kappa shape index (κ2) is 10.1. The van der Waals surface area contributed by atoms with Crippen molar-refractivity contribution in [1.82, 2.24) is 4.90 Å². The molecule has 0 aromatic heterocycles. The van der Waals surface area contributed by atoms with Crippen molar-refractivity contribution >= 4 is 23.2 Å². The summed E-state index contributed by atoms with van der Waals surface area (Å²) in [4.78, 5) is 14.6. The van der Waals surface area contributed by atoms with Crippen LogP contribution in [0.4, 0.5) is 5.69 Å². The van der Waals surface area contributed by atoms with Crippen LogP contribution in [0.15, 0.2) is 96.7 Å². The number of hydrogen-bond acceptors (Lipinski definition) is 3. The van der Waals surface area contributed by atoms with Gasteiger partial charge in [0.2, 0.25) is 0 Å². The Morgan fingerprint density at radius 1 is 0.897 bits per heavy atom. The van der Waals surface area contributed by atoms with Crippen LogP contribution in [0, 0.1) is 11.3 Å². The summed E-state index contributed by atoms with van der Waals surface area (Å²) in [6.45, 7) is 1.14. The highest BCUT2D eigenvalue weighted by molar-refractivity contribution is 6.33. The van der Waals surface area contributed by atoms with E-state index >= 15 is 0 Å². The summed E-state index contributed by atoms with van der Waals surface area (Å²) in [6, 6.07) is 28.8. The van der Waals surface area contributed by atoms with Crippen LogP contribution in [0.5, 0.6) is 0 Å². The van der Waals surface area contributed by atoms with E-state index in [0.29, 0.717) is 23.8 Å². The summed E-state index contributed by atoms with van der Waals surface area (Å²) in [5.41, 5.74) is 2.65. The average Bonchev–Trinajstić information content (AvgIpc) is 2.75. The van der Waals surface area contributed by atoms with Crippen LogP contribution in [-0.2, 0) is 17.9 Å². The van der Waals surface area contributed by atoms with Crippen molar-refractivity contribution in [1.29, 1.82) is 5.26 Å². The minimum Gasteiger partial charge on any atom is -0.367 e. The van der Waals surface area contributed by atoms with E-state index in [-0.39, 0.29) is 5.57 Å². The number of carbonyl (C=O) groups is 1. The molecule has 0 aliphatic rings. The van der Waals surface area contributed by atoms with Gasteiger partial charge in [0.15, 0.2) is 0 Å². The average molecular weight is 402 g/mol. The van der Waals surface area contributed by atoms with E-state index in [1.807, 2.05) is 71.6 Å². The van der Waals surface area contributed by atoms with E-state index in [0.717, 1.165) is 11.1 Å². The SMILES string of the molecule is N#C/C(=C/N(Cc1ccccc1)Cc1ccccc1)C(=O)Nc1ccccc1Cl. The molecule has 144 valence electrons. The van der Waals surface area contributed by atoms with Gasteiger partial charge in [-0.05, 0) is 23.3 Å². The Bertz CT molecular complexity index is 985. The molecule has 0 saturated carbocycles. The van der Waals surface area contributed by atoms with Gasteiger partial charge in [0.25, 0.3) is 5.91 Å². The molecule has 0 aliphatic carbocycles. The first-order valence-corrected chi connectivity index (χ1v) is 9.53. The summed E-state index contributed by atoms with van der Waals surface area (Å²) in [5.74, 6) is -0.494. The highest BCUT2D eigenvalue weighted by Crippen LogP contribution is 2.21. The topological polar surface area (TPSA) is 56.1 Å². The minimum absolute atomic E-state index is 0.0109. The Morgan fingerprint density at radius 2 is 1.41 bits per heavy atom. The molecule has 0 saturated heterocycles. The second-order valence-electron chi connectivity index (χ2n) is 6.46. The first-order valence-electron chi connectivity index (χ1n) is 9.15. The molecule has 0 unspecified atom stereocenters. The maximum Gasteiger partial charge on any atom is 0.267 e. The first-order chi connectivity index (χ1) is 14.2. The molecule has 29 heavy (non-hydrogen) atoms. The molecule has 1 amide bonds. The van der Waals surface area contributed by atoms with Crippen LogP contribution in [0.1, 0.15) is 11.1 Å². The van der Waals surface area contributed by atoms with Crippen molar-refractivity contribution in [3.05, 3.63) is 113 Å². The Labute approximate surface area is 175 Å². The van der Waals surface area contributed by atoms with Crippen molar-refractivity contribution in [3.8, 4) is 6.07 Å². The third kappa shape index (κ3) is 5.97. The van der Waals surface area contributed by atoms with Crippen molar-refractivity contribution in [2.24, 2.45) is 0 Å². The van der Waals surface area contributed by atoms with Crippen molar-refractivity contribution in [2.75, 3.05) is 5.32 Å². The second-order valence-corrected chi connectivity index (χ2v) is 6.87. The van der Waals surface area contributed by atoms with Gasteiger partial charge in [-0.15, -0.1) is 0 Å². The minimum atomic E-state index is -0.494. The zero-order valence-corrected chi connectivity index (χ0v) is 16.5. The van der Waals surface area contributed by atoms with E-state index in [9.17, 15) is 10.1 Å². The zero-order valence-electron chi connectivity index (χ0n) is 15.8. The molecule has 3 rings (SSSR count). The molecule has 1 N–H and O–H groups in total. The lowest BCUT2D eigenvalue weighted by Gasteiger charge is -2.21. The van der Waals surface area contributed by atoms with E-state index in [1.165, 1.54) is 0 Å². The molecule has 0 bridgehead atoms. The molecule has 3 aromatic rings. The van der Waals surface area contributed by atoms with Gasteiger partial charge in [0.05, 0.1) is 10.7 Å². The smallest absolute Gasteiger partial charge is 0.267 e. The van der Waals surface area contributed by atoms with Gasteiger partial charge in [-0.3, -0.25) is 4.79 Å². The predicted octanol–water partition coefficient (Wildman–Crippen LogP) is 5.39. The molecule has 4 nitrogen and oxygen atoms in total. The molecule has 3 aromatic carbocycles. The highest BCUT2D eigenvalue weighted by Gasteiger charge is 2.14. The monoisotopic (exact) mass is 401 g/mol. The lowest BCUT2D eigenvalue weighted by molar-refractivity contribution is -0.112. The number of benzene rings is 3. The number of para-hydroxylation sites is 1. The third-order valence-corrected chi connectivity index (χ3v) is 4.59. The zero-order chi connectivity index (χ0) is 20.5. The summed E-state index contributed by atoms with van der Waals surface area (Å²) in [5, 5.41) is 12.7. The van der Waals surface area contributed by atoms with Crippen molar-refractivity contribution in [3.63, 3.8) is 0 Å². The van der Waals surface area contributed by atoms with Crippen LogP contribution < -0.4 is 5.32 Å². The van der Waals surface area contributed by atoms with E-state index < -0.39 is 5.91 Å². The Balaban J connectivity index is 1.84. The number of nitriles is 1. The van der Waals surface area contributed by atoms with Gasteiger partial charge >= 0.3 is 0 Å². The molecule has 0 fully saturated rings. The first kappa shape index (κ1) is 20.2. The summed E-state index contributed by atoms with van der Waals surface area (Å²) in [6.07, 6.45) is 1.60. The maximum absolute atomic E-state index is 12.6. The summed E-state index contributed by atoms with van der Waals surface area (Å²) < 4.78 is 0. The van der Waals surface area contributed by atoms with E-state index in [2.05, 4.69) is 5.32 Å². The van der Waals surface area contributed by atoms with E-state index in [4.69, 9.17) is 11.6 Å². The molecule has 0 heterocycles.